The minimum absolute atomic E-state index is 0.314. The van der Waals surface area contributed by atoms with Crippen LogP contribution in [-0.4, -0.2) is 22.2 Å². The van der Waals surface area contributed by atoms with Gasteiger partial charge in [0.1, 0.15) is 0 Å². The molecule has 96 valence electrons. The topological polar surface area (TPSA) is 68.2 Å². The first-order chi connectivity index (χ1) is 8.54. The highest BCUT2D eigenvalue weighted by Gasteiger charge is 2.13. The Morgan fingerprint density at radius 1 is 1.44 bits per heavy atom. The molecule has 1 heterocycles. The molecule has 0 saturated heterocycles. The Morgan fingerprint density at radius 2 is 2.17 bits per heavy atom. The normalized spacial score (nSPS) is 11.3. The first-order valence-corrected chi connectivity index (χ1v) is 6.10. The summed E-state index contributed by atoms with van der Waals surface area (Å²) in [7, 11) is 0. The third kappa shape index (κ3) is 2.11. The van der Waals surface area contributed by atoms with Crippen molar-refractivity contribution in [3.05, 3.63) is 35.5 Å². The van der Waals surface area contributed by atoms with Gasteiger partial charge < -0.3 is 15.4 Å². The van der Waals surface area contributed by atoms with Crippen molar-refractivity contribution < 1.29 is 9.90 Å². The molecular formula is C14H18N2O2. The summed E-state index contributed by atoms with van der Waals surface area (Å²) in [6.45, 7) is 5.50. The number of nitrogens with two attached hydrogens (primary N) is 1. The number of carboxylic acids is 1. The van der Waals surface area contributed by atoms with Gasteiger partial charge in [-0.15, -0.1) is 0 Å². The van der Waals surface area contributed by atoms with Gasteiger partial charge in [-0.25, -0.2) is 4.79 Å². The maximum absolute atomic E-state index is 11.0. The molecule has 2 aromatic rings. The van der Waals surface area contributed by atoms with E-state index < -0.39 is 5.97 Å². The molecule has 1 aromatic heterocycles. The fourth-order valence-corrected chi connectivity index (χ4v) is 2.24. The van der Waals surface area contributed by atoms with Crippen LogP contribution in [0.3, 0.4) is 0 Å². The Kier molecular flexibility index (Phi) is 3.39. The maximum atomic E-state index is 11.0. The summed E-state index contributed by atoms with van der Waals surface area (Å²) in [4.78, 5) is 11.0. The molecule has 0 spiro atoms. The van der Waals surface area contributed by atoms with Gasteiger partial charge in [0.15, 0.2) is 0 Å². The van der Waals surface area contributed by atoms with Crippen molar-refractivity contribution in [2.75, 3.05) is 6.54 Å². The highest BCUT2D eigenvalue weighted by molar-refractivity contribution is 5.94. The van der Waals surface area contributed by atoms with Gasteiger partial charge in [0.2, 0.25) is 0 Å². The second-order valence-corrected chi connectivity index (χ2v) is 4.76. The molecule has 0 amide bonds. The van der Waals surface area contributed by atoms with Crippen LogP contribution >= 0.6 is 0 Å². The summed E-state index contributed by atoms with van der Waals surface area (Å²) < 4.78 is 2.04. The van der Waals surface area contributed by atoms with Gasteiger partial charge in [-0.05, 0) is 23.6 Å². The number of hydrogen-bond acceptors (Lipinski definition) is 2. The summed E-state index contributed by atoms with van der Waals surface area (Å²) in [6.07, 6.45) is 2.08. The second kappa shape index (κ2) is 4.82. The molecule has 4 heteroatoms. The fraction of sp³-hybridized carbons (Fsp3) is 0.357. The lowest BCUT2D eigenvalue weighted by atomic mass is 10.0. The van der Waals surface area contributed by atoms with Crippen LogP contribution in [0.4, 0.5) is 0 Å². The molecule has 0 unspecified atom stereocenters. The Balaban J connectivity index is 2.67. The molecule has 3 N–H and O–H groups in total. The van der Waals surface area contributed by atoms with Crippen molar-refractivity contribution in [3.63, 3.8) is 0 Å². The largest absolute Gasteiger partial charge is 0.478 e. The first-order valence-electron chi connectivity index (χ1n) is 6.10. The summed E-state index contributed by atoms with van der Waals surface area (Å²) in [5, 5.41) is 10.2. The molecule has 0 fully saturated rings. The lowest BCUT2D eigenvalue weighted by Crippen LogP contribution is -2.09. The van der Waals surface area contributed by atoms with Crippen LogP contribution < -0.4 is 5.73 Å². The number of carboxylic acid groups (broad SMARTS) is 1. The monoisotopic (exact) mass is 246 g/mol. The average molecular weight is 246 g/mol. The Morgan fingerprint density at radius 3 is 2.72 bits per heavy atom. The minimum atomic E-state index is -0.900. The van der Waals surface area contributed by atoms with Gasteiger partial charge in [-0.1, -0.05) is 19.9 Å². The predicted molar refractivity (Wildman–Crippen MR) is 72.0 cm³/mol. The first kappa shape index (κ1) is 12.6. The Hall–Kier alpha value is -1.81. The lowest BCUT2D eigenvalue weighted by Gasteiger charge is -2.03. The standard InChI is InChI=1S/C14H18N2O2/c1-9(2)12-8-16(6-5-15)13-7-10(14(17)18)3-4-11(12)13/h3-4,7-9H,5-6,15H2,1-2H3,(H,17,18). The van der Waals surface area contributed by atoms with Crippen LogP contribution in [0.1, 0.15) is 35.7 Å². The van der Waals surface area contributed by atoms with E-state index in [2.05, 4.69) is 20.0 Å². The molecule has 0 radical (unpaired) electrons. The molecule has 0 aliphatic carbocycles. The summed E-state index contributed by atoms with van der Waals surface area (Å²) >= 11 is 0. The van der Waals surface area contributed by atoms with E-state index in [4.69, 9.17) is 10.8 Å². The zero-order valence-corrected chi connectivity index (χ0v) is 10.7. The molecule has 0 bridgehead atoms. The van der Waals surface area contributed by atoms with E-state index in [0.717, 1.165) is 10.9 Å². The average Bonchev–Trinajstić information content (AvgIpc) is 2.68. The molecular weight excluding hydrogens is 228 g/mol. The molecule has 18 heavy (non-hydrogen) atoms. The highest BCUT2D eigenvalue weighted by Crippen LogP contribution is 2.28. The van der Waals surface area contributed by atoms with Crippen molar-refractivity contribution in [1.29, 1.82) is 0 Å². The van der Waals surface area contributed by atoms with E-state index in [9.17, 15) is 4.79 Å². The van der Waals surface area contributed by atoms with E-state index >= 15 is 0 Å². The zero-order valence-electron chi connectivity index (χ0n) is 10.7. The Bertz CT molecular complexity index is 585. The SMILES string of the molecule is CC(C)c1cn(CCN)c2cc(C(=O)O)ccc12. The van der Waals surface area contributed by atoms with Crippen molar-refractivity contribution in [2.45, 2.75) is 26.3 Å². The summed E-state index contributed by atoms with van der Waals surface area (Å²) in [5.41, 5.74) is 8.09. The molecule has 0 aliphatic heterocycles. The van der Waals surface area contributed by atoms with Gasteiger partial charge in [0.25, 0.3) is 0 Å². The molecule has 2 rings (SSSR count). The highest BCUT2D eigenvalue weighted by atomic mass is 16.4. The van der Waals surface area contributed by atoms with Gasteiger partial charge in [-0.2, -0.15) is 0 Å². The van der Waals surface area contributed by atoms with Crippen molar-refractivity contribution in [3.8, 4) is 0 Å². The number of benzene rings is 1. The van der Waals surface area contributed by atoms with Crippen LogP contribution in [0.25, 0.3) is 10.9 Å². The molecule has 1 aromatic carbocycles. The van der Waals surface area contributed by atoms with Crippen LogP contribution in [0.5, 0.6) is 0 Å². The van der Waals surface area contributed by atoms with Gasteiger partial charge in [0, 0.05) is 30.2 Å². The van der Waals surface area contributed by atoms with Gasteiger partial charge >= 0.3 is 5.97 Å². The minimum Gasteiger partial charge on any atom is -0.478 e. The number of fused-ring (bicyclic) bond motifs is 1. The second-order valence-electron chi connectivity index (χ2n) is 4.76. The van der Waals surface area contributed by atoms with Gasteiger partial charge in [-0.3, -0.25) is 0 Å². The predicted octanol–water partition coefficient (Wildman–Crippen LogP) is 2.42. The molecule has 0 aliphatic rings. The summed E-state index contributed by atoms with van der Waals surface area (Å²) in [6, 6.07) is 5.27. The molecule has 4 nitrogen and oxygen atoms in total. The van der Waals surface area contributed by atoms with Crippen molar-refractivity contribution in [1.82, 2.24) is 4.57 Å². The molecule has 0 saturated carbocycles. The van der Waals surface area contributed by atoms with E-state index in [-0.39, 0.29) is 0 Å². The Labute approximate surface area is 106 Å². The lowest BCUT2D eigenvalue weighted by molar-refractivity contribution is 0.0697. The number of aromatic nitrogens is 1. The number of carbonyl (C=O) groups is 1. The summed E-state index contributed by atoms with van der Waals surface area (Å²) in [5.74, 6) is -0.495. The van der Waals surface area contributed by atoms with Crippen molar-refractivity contribution in [2.24, 2.45) is 5.73 Å². The van der Waals surface area contributed by atoms with Crippen molar-refractivity contribution >= 4 is 16.9 Å². The van der Waals surface area contributed by atoms with Crippen LogP contribution in [-0.2, 0) is 6.54 Å². The number of hydrogen-bond donors (Lipinski definition) is 2. The van der Waals surface area contributed by atoms with E-state index in [1.165, 1.54) is 5.56 Å². The third-order valence-electron chi connectivity index (χ3n) is 3.15. The molecule has 0 atom stereocenters. The van der Waals surface area contributed by atoms with E-state index in [0.29, 0.717) is 24.6 Å². The van der Waals surface area contributed by atoms with E-state index in [1.54, 1.807) is 12.1 Å². The third-order valence-corrected chi connectivity index (χ3v) is 3.15. The van der Waals surface area contributed by atoms with Gasteiger partial charge in [0.05, 0.1) is 5.56 Å². The maximum Gasteiger partial charge on any atom is 0.335 e. The number of rotatable bonds is 4. The number of aromatic carboxylic acids is 1. The van der Waals surface area contributed by atoms with Crippen LogP contribution in [0, 0.1) is 0 Å². The van der Waals surface area contributed by atoms with Crippen LogP contribution in [0.15, 0.2) is 24.4 Å². The fourth-order valence-electron chi connectivity index (χ4n) is 2.24. The zero-order chi connectivity index (χ0) is 13.3. The van der Waals surface area contributed by atoms with Crippen LogP contribution in [0.2, 0.25) is 0 Å². The number of nitrogens with zero attached hydrogens (tertiary/aromatic N) is 1. The quantitative estimate of drug-likeness (QED) is 0.870. The van der Waals surface area contributed by atoms with E-state index in [1.807, 2.05) is 10.6 Å². The smallest absolute Gasteiger partial charge is 0.335 e.